The van der Waals surface area contributed by atoms with E-state index >= 15 is 0 Å². The Morgan fingerprint density at radius 3 is 2.81 bits per heavy atom. The Bertz CT molecular complexity index is 860. The van der Waals surface area contributed by atoms with Crippen molar-refractivity contribution in [2.75, 3.05) is 0 Å². The van der Waals surface area contributed by atoms with Gasteiger partial charge in [-0.25, -0.2) is 14.9 Å². The second-order valence-corrected chi connectivity index (χ2v) is 7.38. The van der Waals surface area contributed by atoms with Crippen molar-refractivity contribution in [3.63, 3.8) is 0 Å². The number of hydrogen-bond acceptors (Lipinski definition) is 4. The Hall–Kier alpha value is -2.41. The van der Waals surface area contributed by atoms with Crippen LogP contribution < -0.4 is 5.48 Å². The maximum absolute atomic E-state index is 14.1. The Labute approximate surface area is 150 Å². The summed E-state index contributed by atoms with van der Waals surface area (Å²) in [7, 11) is 0. The number of fused-ring (bicyclic) bond motifs is 1. The predicted molar refractivity (Wildman–Crippen MR) is 92.7 cm³/mol. The van der Waals surface area contributed by atoms with Gasteiger partial charge in [0.25, 0.3) is 11.8 Å². The number of hydrogen-bond donors (Lipinski definition) is 2. The van der Waals surface area contributed by atoms with Gasteiger partial charge in [-0.05, 0) is 56.2 Å². The molecule has 0 aromatic heterocycles. The maximum atomic E-state index is 14.1. The summed E-state index contributed by atoms with van der Waals surface area (Å²) in [5.74, 6) is -1.05. The summed E-state index contributed by atoms with van der Waals surface area (Å²) >= 11 is 0. The van der Waals surface area contributed by atoms with Crippen LogP contribution in [0, 0.1) is 24.6 Å². The number of nitrogens with zero attached hydrogens (tertiary/aromatic N) is 2. The second-order valence-electron chi connectivity index (χ2n) is 7.38. The highest BCUT2D eigenvalue weighted by Gasteiger charge is 2.50. The summed E-state index contributed by atoms with van der Waals surface area (Å²) in [4.78, 5) is 34.0. The molecule has 0 radical (unpaired) electrons. The molecule has 2 unspecified atom stereocenters. The monoisotopic (exact) mass is 357 g/mol. The van der Waals surface area contributed by atoms with E-state index < -0.39 is 23.1 Å². The van der Waals surface area contributed by atoms with Crippen molar-refractivity contribution in [3.8, 4) is 0 Å². The van der Waals surface area contributed by atoms with Gasteiger partial charge < -0.3 is 0 Å². The zero-order valence-corrected chi connectivity index (χ0v) is 14.5. The molecule has 136 valence electrons. The first kappa shape index (κ1) is 17.0. The molecular weight excluding hydrogens is 337 g/mol. The summed E-state index contributed by atoms with van der Waals surface area (Å²) in [6, 6.07) is 4.55. The van der Waals surface area contributed by atoms with E-state index in [1.54, 1.807) is 24.5 Å². The minimum Gasteiger partial charge on any atom is -0.289 e. The third-order valence-corrected chi connectivity index (χ3v) is 5.81. The van der Waals surface area contributed by atoms with Crippen LogP contribution in [0.1, 0.15) is 43.2 Å². The fourth-order valence-electron chi connectivity index (χ4n) is 4.14. The molecule has 2 amide bonds. The number of carbonyl (C=O) groups excluding carboxylic acids is 2. The van der Waals surface area contributed by atoms with E-state index in [1.165, 1.54) is 6.07 Å². The van der Waals surface area contributed by atoms with Crippen LogP contribution in [0.25, 0.3) is 0 Å². The zero-order chi connectivity index (χ0) is 18.5. The molecule has 26 heavy (non-hydrogen) atoms. The molecule has 0 saturated heterocycles. The molecule has 4 rings (SSSR count). The molecule has 2 atom stereocenters. The highest BCUT2D eigenvalue weighted by Crippen LogP contribution is 2.45. The average Bonchev–Trinajstić information content (AvgIpc) is 3.48. The van der Waals surface area contributed by atoms with Crippen molar-refractivity contribution in [1.82, 2.24) is 5.48 Å². The van der Waals surface area contributed by atoms with Crippen LogP contribution >= 0.6 is 0 Å². The standard InChI is InChI=1S/C19H20FN3O3/c1-10-13(3-2-4-14(10)20)19(18(25)23-26)8-7-15-12(9-19)17(24)22-16(21-15)11-5-6-11/h2-4,11-12,26H,5-9H2,1H3,(H,23,25). The normalized spacial score (nSPS) is 28.1. The molecule has 6 nitrogen and oxygen atoms in total. The molecule has 2 aliphatic carbocycles. The third kappa shape index (κ3) is 2.58. The highest BCUT2D eigenvalue weighted by molar-refractivity contribution is 6.17. The fourth-order valence-corrected chi connectivity index (χ4v) is 4.14. The van der Waals surface area contributed by atoms with Gasteiger partial charge in [-0.3, -0.25) is 14.8 Å². The molecule has 1 aromatic rings. The molecule has 1 aromatic carbocycles. The van der Waals surface area contributed by atoms with E-state index in [-0.39, 0.29) is 18.2 Å². The Balaban J connectivity index is 1.75. The van der Waals surface area contributed by atoms with Crippen LogP contribution in [0.3, 0.4) is 0 Å². The summed E-state index contributed by atoms with van der Waals surface area (Å²) in [5.41, 5.74) is 2.13. The van der Waals surface area contributed by atoms with Gasteiger partial charge in [-0.1, -0.05) is 12.1 Å². The van der Waals surface area contributed by atoms with Gasteiger partial charge in [0.05, 0.1) is 11.3 Å². The van der Waals surface area contributed by atoms with Crippen LogP contribution in [0.2, 0.25) is 0 Å². The fraction of sp³-hybridized carbons (Fsp3) is 0.474. The van der Waals surface area contributed by atoms with Crippen LogP contribution in [0.5, 0.6) is 0 Å². The van der Waals surface area contributed by atoms with Gasteiger partial charge in [0.2, 0.25) is 0 Å². The number of benzene rings is 1. The molecule has 0 bridgehead atoms. The van der Waals surface area contributed by atoms with E-state index in [9.17, 15) is 19.2 Å². The quantitative estimate of drug-likeness (QED) is 0.643. The van der Waals surface area contributed by atoms with Gasteiger partial charge in [0.1, 0.15) is 11.7 Å². The Morgan fingerprint density at radius 2 is 2.12 bits per heavy atom. The van der Waals surface area contributed by atoms with Crippen LogP contribution in [0.4, 0.5) is 4.39 Å². The van der Waals surface area contributed by atoms with Crippen LogP contribution in [-0.2, 0) is 15.0 Å². The smallest absolute Gasteiger partial charge is 0.256 e. The van der Waals surface area contributed by atoms with Crippen molar-refractivity contribution in [3.05, 3.63) is 35.1 Å². The van der Waals surface area contributed by atoms with E-state index in [0.717, 1.165) is 18.6 Å². The first-order valence-corrected chi connectivity index (χ1v) is 8.86. The number of rotatable bonds is 3. The molecule has 2 fully saturated rings. The van der Waals surface area contributed by atoms with Gasteiger partial charge in [0, 0.05) is 11.6 Å². The number of hydroxylamine groups is 1. The Kier molecular flexibility index (Phi) is 3.99. The number of amidine groups is 1. The molecule has 2 saturated carbocycles. The van der Waals surface area contributed by atoms with Gasteiger partial charge in [-0.15, -0.1) is 0 Å². The van der Waals surface area contributed by atoms with Crippen molar-refractivity contribution in [1.29, 1.82) is 0 Å². The van der Waals surface area contributed by atoms with Gasteiger partial charge in [0.15, 0.2) is 0 Å². The second kappa shape index (κ2) is 6.09. The lowest BCUT2D eigenvalue weighted by molar-refractivity contribution is -0.137. The van der Waals surface area contributed by atoms with Crippen LogP contribution in [-0.4, -0.2) is 28.6 Å². The highest BCUT2D eigenvalue weighted by atomic mass is 19.1. The predicted octanol–water partition coefficient (Wildman–Crippen LogP) is 2.47. The van der Waals surface area contributed by atoms with E-state index in [4.69, 9.17) is 0 Å². The largest absolute Gasteiger partial charge is 0.289 e. The Morgan fingerprint density at radius 1 is 1.35 bits per heavy atom. The lowest BCUT2D eigenvalue weighted by Crippen LogP contribution is -2.51. The molecular formula is C19H20FN3O3. The first-order chi connectivity index (χ1) is 12.5. The number of amides is 2. The zero-order valence-electron chi connectivity index (χ0n) is 14.5. The summed E-state index contributed by atoms with van der Waals surface area (Å²) < 4.78 is 14.1. The SMILES string of the molecule is Cc1c(F)cccc1C1(C(=O)NO)CCC2=NC(C3CC3)=NC(=O)C2C1. The van der Waals surface area contributed by atoms with Crippen molar-refractivity contribution in [2.45, 2.75) is 44.4 Å². The average molecular weight is 357 g/mol. The van der Waals surface area contributed by atoms with Gasteiger partial charge >= 0.3 is 0 Å². The molecule has 2 N–H and O–H groups in total. The van der Waals surface area contributed by atoms with E-state index in [2.05, 4.69) is 9.98 Å². The lowest BCUT2D eigenvalue weighted by atomic mass is 9.63. The number of nitrogens with one attached hydrogen (secondary N) is 1. The summed E-state index contributed by atoms with van der Waals surface area (Å²) in [5, 5.41) is 9.32. The number of aliphatic imine (C=N–C) groups is 2. The molecule has 1 aliphatic heterocycles. The molecule has 3 aliphatic rings. The van der Waals surface area contributed by atoms with Crippen molar-refractivity contribution >= 4 is 23.4 Å². The molecule has 1 heterocycles. The van der Waals surface area contributed by atoms with Gasteiger partial charge in [-0.2, -0.15) is 4.99 Å². The minimum atomic E-state index is -1.19. The minimum absolute atomic E-state index is 0.128. The first-order valence-electron chi connectivity index (χ1n) is 8.86. The van der Waals surface area contributed by atoms with Crippen molar-refractivity contribution < 1.29 is 19.2 Å². The van der Waals surface area contributed by atoms with Crippen LogP contribution in [0.15, 0.2) is 28.2 Å². The molecule has 7 heteroatoms. The maximum Gasteiger partial charge on any atom is 0.256 e. The number of halogens is 1. The topological polar surface area (TPSA) is 91.1 Å². The lowest BCUT2D eigenvalue weighted by Gasteiger charge is -2.40. The molecule has 0 spiro atoms. The van der Waals surface area contributed by atoms with Crippen molar-refractivity contribution in [2.24, 2.45) is 21.8 Å². The number of carbonyl (C=O) groups is 2. The third-order valence-electron chi connectivity index (χ3n) is 5.81. The van der Waals surface area contributed by atoms with E-state index in [1.807, 2.05) is 0 Å². The summed E-state index contributed by atoms with van der Waals surface area (Å²) in [6.45, 7) is 1.60. The van der Waals surface area contributed by atoms with E-state index in [0.29, 0.717) is 29.8 Å². The summed E-state index contributed by atoms with van der Waals surface area (Å²) in [6.07, 6.45) is 2.93.